The van der Waals surface area contributed by atoms with Crippen molar-refractivity contribution in [2.75, 3.05) is 12.0 Å². The van der Waals surface area contributed by atoms with Crippen LogP contribution in [0.3, 0.4) is 0 Å². The van der Waals surface area contributed by atoms with E-state index in [2.05, 4.69) is 10.6 Å². The highest BCUT2D eigenvalue weighted by molar-refractivity contribution is 7.90. The number of fused-ring (bicyclic) bond motifs is 2. The minimum Gasteiger partial charge on any atom is -0.352 e. The van der Waals surface area contributed by atoms with Crippen LogP contribution in [-0.2, 0) is 14.6 Å². The number of nitrogens with one attached hydrogen (secondary N) is 2. The lowest BCUT2D eigenvalue weighted by Gasteiger charge is -2.30. The maximum absolute atomic E-state index is 12.9. The monoisotopic (exact) mass is 440 g/mol. The van der Waals surface area contributed by atoms with Crippen LogP contribution in [0, 0.1) is 17.8 Å². The zero-order valence-corrected chi connectivity index (χ0v) is 18.4. The maximum Gasteiger partial charge on any atom is 0.251 e. The molecule has 2 amide bonds. The molecule has 2 aliphatic carbocycles. The van der Waals surface area contributed by atoms with Crippen molar-refractivity contribution in [1.29, 1.82) is 0 Å². The van der Waals surface area contributed by atoms with Crippen molar-refractivity contribution >= 4 is 33.3 Å². The summed E-state index contributed by atoms with van der Waals surface area (Å²) in [6, 6.07) is 5.43. The number of benzene rings is 1. The lowest BCUT2D eigenvalue weighted by Crippen LogP contribution is -2.51. The fourth-order valence-electron chi connectivity index (χ4n) is 4.78. The van der Waals surface area contributed by atoms with E-state index in [1.54, 1.807) is 24.3 Å². The van der Waals surface area contributed by atoms with E-state index in [9.17, 15) is 18.0 Å². The van der Waals surface area contributed by atoms with Gasteiger partial charge in [-0.25, -0.2) is 8.42 Å². The molecule has 8 heteroatoms. The summed E-state index contributed by atoms with van der Waals surface area (Å²) in [7, 11) is -3.26. The Bertz CT molecular complexity index is 856. The SMILES string of the molecule is CC(NC(=O)C(CCS(C)(=O)=O)NC(=O)c1ccc(Cl)cc1)C1CC2CCC1C2. The van der Waals surface area contributed by atoms with Crippen LogP contribution < -0.4 is 10.6 Å². The fourth-order valence-corrected chi connectivity index (χ4v) is 5.57. The summed E-state index contributed by atoms with van der Waals surface area (Å²) in [6.45, 7) is 2.01. The molecule has 1 aromatic rings. The van der Waals surface area contributed by atoms with Crippen molar-refractivity contribution in [3.63, 3.8) is 0 Å². The summed E-state index contributed by atoms with van der Waals surface area (Å²) in [6.07, 6.45) is 6.05. The Morgan fingerprint density at radius 2 is 1.83 bits per heavy atom. The van der Waals surface area contributed by atoms with Gasteiger partial charge in [0.25, 0.3) is 5.91 Å². The van der Waals surface area contributed by atoms with Gasteiger partial charge in [0.2, 0.25) is 5.91 Å². The molecule has 0 aromatic heterocycles. The molecule has 0 radical (unpaired) electrons. The largest absolute Gasteiger partial charge is 0.352 e. The Kier molecular flexibility index (Phi) is 6.89. The van der Waals surface area contributed by atoms with Gasteiger partial charge in [0.1, 0.15) is 15.9 Å². The molecule has 29 heavy (non-hydrogen) atoms. The maximum atomic E-state index is 12.9. The molecule has 0 saturated heterocycles. The van der Waals surface area contributed by atoms with Gasteiger partial charge in [-0.2, -0.15) is 0 Å². The van der Waals surface area contributed by atoms with Gasteiger partial charge < -0.3 is 10.6 Å². The first-order chi connectivity index (χ1) is 13.6. The van der Waals surface area contributed by atoms with Crippen molar-refractivity contribution < 1.29 is 18.0 Å². The second-order valence-electron chi connectivity index (χ2n) is 8.59. The summed E-state index contributed by atoms with van der Waals surface area (Å²) >= 11 is 5.86. The van der Waals surface area contributed by atoms with E-state index in [4.69, 9.17) is 11.6 Å². The molecule has 2 fully saturated rings. The van der Waals surface area contributed by atoms with Crippen LogP contribution in [0.5, 0.6) is 0 Å². The van der Waals surface area contributed by atoms with E-state index in [1.165, 1.54) is 19.3 Å². The van der Waals surface area contributed by atoms with Crippen LogP contribution in [-0.4, -0.2) is 44.3 Å². The molecule has 0 aliphatic heterocycles. The van der Waals surface area contributed by atoms with Crippen molar-refractivity contribution in [2.45, 2.75) is 51.1 Å². The third-order valence-corrected chi connectivity index (χ3v) is 7.54. The van der Waals surface area contributed by atoms with Gasteiger partial charge in [0, 0.05) is 22.9 Å². The zero-order valence-electron chi connectivity index (χ0n) is 16.9. The third kappa shape index (κ3) is 5.95. The first-order valence-electron chi connectivity index (χ1n) is 10.2. The molecular weight excluding hydrogens is 412 g/mol. The highest BCUT2D eigenvalue weighted by atomic mass is 35.5. The number of rotatable bonds is 8. The van der Waals surface area contributed by atoms with Gasteiger partial charge >= 0.3 is 0 Å². The molecule has 2 saturated carbocycles. The van der Waals surface area contributed by atoms with Gasteiger partial charge in [-0.15, -0.1) is 0 Å². The second-order valence-corrected chi connectivity index (χ2v) is 11.3. The smallest absolute Gasteiger partial charge is 0.251 e. The molecule has 5 atom stereocenters. The van der Waals surface area contributed by atoms with Crippen molar-refractivity contribution in [3.05, 3.63) is 34.9 Å². The van der Waals surface area contributed by atoms with Crippen LogP contribution in [0.15, 0.2) is 24.3 Å². The van der Waals surface area contributed by atoms with E-state index in [1.807, 2.05) is 6.92 Å². The van der Waals surface area contributed by atoms with Crippen LogP contribution in [0.1, 0.15) is 49.4 Å². The molecule has 0 heterocycles. The standard InChI is InChI=1S/C21H29ClN2O4S/c1-13(18-12-14-3-4-16(18)11-14)23-21(26)19(9-10-29(2,27)28)24-20(25)15-5-7-17(22)8-6-15/h5-8,13-14,16,18-19H,3-4,9-12H2,1-2H3,(H,23,26)(H,24,25). The fraction of sp³-hybridized carbons (Fsp3) is 0.619. The minimum atomic E-state index is -3.26. The summed E-state index contributed by atoms with van der Waals surface area (Å²) in [5, 5.41) is 6.24. The Hall–Kier alpha value is -1.60. The molecule has 1 aromatic carbocycles. The molecule has 6 nitrogen and oxygen atoms in total. The molecule has 0 spiro atoms. The average Bonchev–Trinajstić information content (AvgIpc) is 3.28. The van der Waals surface area contributed by atoms with Gasteiger partial charge in [0.15, 0.2) is 0 Å². The summed E-state index contributed by atoms with van der Waals surface area (Å²) in [5.74, 6) is 0.965. The quantitative estimate of drug-likeness (QED) is 0.650. The summed E-state index contributed by atoms with van der Waals surface area (Å²) in [4.78, 5) is 25.5. The first-order valence-corrected chi connectivity index (χ1v) is 12.6. The third-order valence-electron chi connectivity index (χ3n) is 6.31. The second kappa shape index (κ2) is 9.04. The Balaban J connectivity index is 1.65. The number of carbonyl (C=O) groups excluding carboxylic acids is 2. The van der Waals surface area contributed by atoms with Gasteiger partial charge in [-0.05, 0) is 74.6 Å². The van der Waals surface area contributed by atoms with E-state index in [0.717, 1.165) is 18.6 Å². The van der Waals surface area contributed by atoms with Gasteiger partial charge in [-0.3, -0.25) is 9.59 Å². The van der Waals surface area contributed by atoms with E-state index in [0.29, 0.717) is 22.4 Å². The number of hydrogen-bond acceptors (Lipinski definition) is 4. The normalized spacial score (nSPS) is 25.4. The van der Waals surface area contributed by atoms with E-state index >= 15 is 0 Å². The van der Waals surface area contributed by atoms with E-state index < -0.39 is 21.8 Å². The van der Waals surface area contributed by atoms with Crippen molar-refractivity contribution in [1.82, 2.24) is 10.6 Å². The minimum absolute atomic E-state index is 0.00553. The number of sulfone groups is 1. The predicted octanol–water partition coefficient (Wildman–Crippen LogP) is 2.81. The molecule has 2 N–H and O–H groups in total. The molecule has 160 valence electrons. The van der Waals surface area contributed by atoms with E-state index in [-0.39, 0.29) is 24.1 Å². The Morgan fingerprint density at radius 3 is 2.38 bits per heavy atom. The Labute approximate surface area is 177 Å². The molecular formula is C21H29ClN2O4S. The number of hydrogen-bond donors (Lipinski definition) is 2. The number of halogens is 1. The van der Waals surface area contributed by atoms with Crippen molar-refractivity contribution in [3.8, 4) is 0 Å². The molecule has 5 unspecified atom stereocenters. The molecule has 3 rings (SSSR count). The van der Waals surface area contributed by atoms with Gasteiger partial charge in [0.05, 0.1) is 5.75 Å². The average molecular weight is 441 g/mol. The lowest BCUT2D eigenvalue weighted by molar-refractivity contribution is -0.124. The molecule has 2 aliphatic rings. The Morgan fingerprint density at radius 1 is 1.14 bits per heavy atom. The van der Waals surface area contributed by atoms with Crippen LogP contribution in [0.4, 0.5) is 0 Å². The van der Waals surface area contributed by atoms with Crippen LogP contribution in [0.2, 0.25) is 5.02 Å². The first kappa shape index (κ1) is 22.1. The highest BCUT2D eigenvalue weighted by Gasteiger charge is 2.42. The number of carbonyl (C=O) groups is 2. The topological polar surface area (TPSA) is 92.3 Å². The summed E-state index contributed by atoms with van der Waals surface area (Å²) in [5.41, 5.74) is 0.368. The number of amides is 2. The highest BCUT2D eigenvalue weighted by Crippen LogP contribution is 2.49. The lowest BCUT2D eigenvalue weighted by atomic mass is 9.84. The van der Waals surface area contributed by atoms with Crippen LogP contribution >= 0.6 is 11.6 Å². The summed E-state index contributed by atoms with van der Waals surface area (Å²) < 4.78 is 23.2. The van der Waals surface area contributed by atoms with Crippen molar-refractivity contribution in [2.24, 2.45) is 17.8 Å². The van der Waals surface area contributed by atoms with Crippen LogP contribution in [0.25, 0.3) is 0 Å². The predicted molar refractivity (Wildman–Crippen MR) is 114 cm³/mol. The zero-order chi connectivity index (χ0) is 21.2. The van der Waals surface area contributed by atoms with Gasteiger partial charge in [-0.1, -0.05) is 18.0 Å². The molecule has 2 bridgehead atoms.